The van der Waals surface area contributed by atoms with Gasteiger partial charge in [0.15, 0.2) is 0 Å². The van der Waals surface area contributed by atoms with Crippen LogP contribution in [0.5, 0.6) is 5.75 Å². The molecule has 0 radical (unpaired) electrons. The summed E-state index contributed by atoms with van der Waals surface area (Å²) in [7, 11) is -3.53. The lowest BCUT2D eigenvalue weighted by Gasteiger charge is -2.33. The van der Waals surface area contributed by atoms with E-state index in [9.17, 15) is 13.5 Å². The molecule has 2 N–H and O–H groups in total. The second-order valence-corrected chi connectivity index (χ2v) is 7.46. The second-order valence-electron chi connectivity index (χ2n) is 5.69. The third-order valence-corrected chi connectivity index (χ3v) is 5.28. The number of aromatic hydroxyl groups is 1. The third kappa shape index (κ3) is 3.70. The summed E-state index contributed by atoms with van der Waals surface area (Å²) in [5, 5.41) is 9.35. The van der Waals surface area contributed by atoms with E-state index in [1.165, 1.54) is 43.5 Å². The van der Waals surface area contributed by atoms with Crippen LogP contribution in [0.1, 0.15) is 39.0 Å². The summed E-state index contributed by atoms with van der Waals surface area (Å²) in [6, 6.07) is 5.75. The molecule has 2 rings (SSSR count). The molecular formula is C14H21NO3S. The minimum Gasteiger partial charge on any atom is -0.508 e. The van der Waals surface area contributed by atoms with Crippen molar-refractivity contribution >= 4 is 10.0 Å². The third-order valence-electron chi connectivity index (χ3n) is 3.88. The molecule has 0 saturated heterocycles. The molecule has 1 saturated carbocycles. The quantitative estimate of drug-likeness (QED) is 0.892. The number of phenols is 1. The first-order valence-corrected chi connectivity index (χ1v) is 8.18. The minimum atomic E-state index is -3.53. The van der Waals surface area contributed by atoms with Gasteiger partial charge >= 0.3 is 0 Å². The van der Waals surface area contributed by atoms with Gasteiger partial charge in [-0.3, -0.25) is 0 Å². The van der Waals surface area contributed by atoms with E-state index in [1.807, 2.05) is 0 Å². The molecule has 4 nitrogen and oxygen atoms in total. The molecule has 0 unspecified atom stereocenters. The van der Waals surface area contributed by atoms with E-state index in [0.29, 0.717) is 6.54 Å². The first kappa shape index (κ1) is 14.3. The number of hydrogen-bond acceptors (Lipinski definition) is 3. The minimum absolute atomic E-state index is 0.0354. The summed E-state index contributed by atoms with van der Waals surface area (Å²) in [5.74, 6) is -0.0354. The van der Waals surface area contributed by atoms with Crippen LogP contribution in [0.3, 0.4) is 0 Å². The Morgan fingerprint density at radius 3 is 2.58 bits per heavy atom. The van der Waals surface area contributed by atoms with Gasteiger partial charge in [0.1, 0.15) is 5.75 Å². The van der Waals surface area contributed by atoms with Crippen molar-refractivity contribution < 1.29 is 13.5 Å². The van der Waals surface area contributed by atoms with Crippen LogP contribution in [0.2, 0.25) is 0 Å². The van der Waals surface area contributed by atoms with Crippen molar-refractivity contribution in [1.82, 2.24) is 4.72 Å². The lowest BCUT2D eigenvalue weighted by Crippen LogP contribution is -2.36. The molecule has 1 aliphatic rings. The van der Waals surface area contributed by atoms with E-state index >= 15 is 0 Å². The summed E-state index contributed by atoms with van der Waals surface area (Å²) in [4.78, 5) is 0.118. The maximum atomic E-state index is 12.1. The summed E-state index contributed by atoms with van der Waals surface area (Å²) in [6.45, 7) is 2.60. The van der Waals surface area contributed by atoms with Crippen LogP contribution < -0.4 is 4.72 Å². The second kappa shape index (κ2) is 5.51. The van der Waals surface area contributed by atoms with E-state index in [-0.39, 0.29) is 16.1 Å². The van der Waals surface area contributed by atoms with Crippen molar-refractivity contribution in [2.45, 2.75) is 43.9 Å². The van der Waals surface area contributed by atoms with E-state index < -0.39 is 10.0 Å². The van der Waals surface area contributed by atoms with E-state index in [1.54, 1.807) is 0 Å². The zero-order valence-electron chi connectivity index (χ0n) is 11.2. The SMILES string of the molecule is CC1(CNS(=O)(=O)c2cccc(O)c2)CCCCC1. The van der Waals surface area contributed by atoms with Crippen LogP contribution >= 0.6 is 0 Å². The molecule has 0 aromatic heterocycles. The van der Waals surface area contributed by atoms with E-state index in [4.69, 9.17) is 0 Å². The average molecular weight is 283 g/mol. The Bertz CT molecular complexity index is 533. The Balaban J connectivity index is 2.05. The molecule has 1 aromatic rings. The Hall–Kier alpha value is -1.07. The van der Waals surface area contributed by atoms with Gasteiger partial charge in [-0.15, -0.1) is 0 Å². The zero-order valence-corrected chi connectivity index (χ0v) is 12.0. The molecule has 0 atom stereocenters. The van der Waals surface area contributed by atoms with Gasteiger partial charge in [0.25, 0.3) is 0 Å². The lowest BCUT2D eigenvalue weighted by atomic mass is 9.76. The fraction of sp³-hybridized carbons (Fsp3) is 0.571. The molecule has 1 aliphatic carbocycles. The predicted molar refractivity (Wildman–Crippen MR) is 74.5 cm³/mol. The molecule has 0 heterocycles. The van der Waals surface area contributed by atoms with Gasteiger partial charge < -0.3 is 5.11 Å². The van der Waals surface area contributed by atoms with Crippen molar-refractivity contribution in [1.29, 1.82) is 0 Å². The van der Waals surface area contributed by atoms with Gasteiger partial charge in [0, 0.05) is 6.54 Å². The highest BCUT2D eigenvalue weighted by molar-refractivity contribution is 7.89. The first-order valence-electron chi connectivity index (χ1n) is 6.70. The molecule has 0 bridgehead atoms. The molecule has 5 heteroatoms. The summed E-state index contributed by atoms with van der Waals surface area (Å²) < 4.78 is 27.0. The predicted octanol–water partition coefficient (Wildman–Crippen LogP) is 2.64. The van der Waals surface area contributed by atoms with Gasteiger partial charge in [-0.2, -0.15) is 0 Å². The fourth-order valence-corrected chi connectivity index (χ4v) is 3.82. The Morgan fingerprint density at radius 2 is 1.95 bits per heavy atom. The van der Waals surface area contributed by atoms with Crippen molar-refractivity contribution in [3.8, 4) is 5.75 Å². The van der Waals surface area contributed by atoms with Crippen molar-refractivity contribution in [2.75, 3.05) is 6.54 Å². The maximum absolute atomic E-state index is 12.1. The maximum Gasteiger partial charge on any atom is 0.240 e. The first-order chi connectivity index (χ1) is 8.91. The highest BCUT2D eigenvalue weighted by Gasteiger charge is 2.28. The van der Waals surface area contributed by atoms with Crippen LogP contribution in [0.4, 0.5) is 0 Å². The number of nitrogens with one attached hydrogen (secondary N) is 1. The van der Waals surface area contributed by atoms with Crippen molar-refractivity contribution in [2.24, 2.45) is 5.41 Å². The molecule has 1 aromatic carbocycles. The Morgan fingerprint density at radius 1 is 1.26 bits per heavy atom. The smallest absolute Gasteiger partial charge is 0.240 e. The highest BCUT2D eigenvalue weighted by Crippen LogP contribution is 2.35. The van der Waals surface area contributed by atoms with Gasteiger partial charge in [0.05, 0.1) is 4.90 Å². The molecule has 0 aliphatic heterocycles. The molecule has 0 amide bonds. The molecule has 1 fully saturated rings. The number of rotatable bonds is 4. The normalized spacial score (nSPS) is 19.2. The number of sulfonamides is 1. The van der Waals surface area contributed by atoms with Crippen LogP contribution in [-0.4, -0.2) is 20.1 Å². The lowest BCUT2D eigenvalue weighted by molar-refractivity contribution is 0.219. The standard InChI is InChI=1S/C14H21NO3S/c1-14(8-3-2-4-9-14)11-15-19(17,18)13-7-5-6-12(16)10-13/h5-7,10,15-16H,2-4,8-9,11H2,1H3. The summed E-state index contributed by atoms with van der Waals surface area (Å²) >= 11 is 0. The summed E-state index contributed by atoms with van der Waals surface area (Å²) in [5.41, 5.74) is 0.0577. The summed E-state index contributed by atoms with van der Waals surface area (Å²) in [6.07, 6.45) is 5.72. The Kier molecular flexibility index (Phi) is 4.16. The average Bonchev–Trinajstić information content (AvgIpc) is 2.38. The topological polar surface area (TPSA) is 66.4 Å². The molecule has 0 spiro atoms. The zero-order chi connectivity index (χ0) is 13.9. The number of phenolic OH excluding ortho intramolecular Hbond substituents is 1. The number of benzene rings is 1. The van der Waals surface area contributed by atoms with Crippen LogP contribution in [0, 0.1) is 5.41 Å². The van der Waals surface area contributed by atoms with E-state index in [2.05, 4.69) is 11.6 Å². The van der Waals surface area contributed by atoms with Gasteiger partial charge in [-0.25, -0.2) is 13.1 Å². The highest BCUT2D eigenvalue weighted by atomic mass is 32.2. The van der Waals surface area contributed by atoms with Crippen LogP contribution in [-0.2, 0) is 10.0 Å². The molecule has 19 heavy (non-hydrogen) atoms. The van der Waals surface area contributed by atoms with E-state index in [0.717, 1.165) is 12.8 Å². The van der Waals surface area contributed by atoms with Crippen LogP contribution in [0.25, 0.3) is 0 Å². The van der Waals surface area contributed by atoms with Gasteiger partial charge in [-0.05, 0) is 36.5 Å². The van der Waals surface area contributed by atoms with Crippen molar-refractivity contribution in [3.05, 3.63) is 24.3 Å². The fourth-order valence-electron chi connectivity index (χ4n) is 2.59. The Labute approximate surface area is 114 Å². The largest absolute Gasteiger partial charge is 0.508 e. The monoisotopic (exact) mass is 283 g/mol. The van der Waals surface area contributed by atoms with Gasteiger partial charge in [-0.1, -0.05) is 32.3 Å². The molecule has 106 valence electrons. The number of hydrogen-bond donors (Lipinski definition) is 2. The van der Waals surface area contributed by atoms with Gasteiger partial charge in [0.2, 0.25) is 10.0 Å². The van der Waals surface area contributed by atoms with Crippen LogP contribution in [0.15, 0.2) is 29.2 Å². The molecular weight excluding hydrogens is 262 g/mol. The van der Waals surface area contributed by atoms with Crippen molar-refractivity contribution in [3.63, 3.8) is 0 Å².